The number of carbonyl (C=O) groups is 1. The molecule has 9 nitrogen and oxygen atoms in total. The summed E-state index contributed by atoms with van der Waals surface area (Å²) in [5, 5.41) is 48.2. The van der Waals surface area contributed by atoms with Gasteiger partial charge in [0.1, 0.15) is 24.4 Å². The van der Waals surface area contributed by atoms with Gasteiger partial charge in [-0.3, -0.25) is 0 Å². The summed E-state index contributed by atoms with van der Waals surface area (Å²) >= 11 is 0. The minimum absolute atomic E-state index is 0.711. The highest BCUT2D eigenvalue weighted by Gasteiger charge is 2.29. The first kappa shape index (κ1) is 14.7. The molecule has 0 aliphatic carbocycles. The highest BCUT2D eigenvalue weighted by atomic mass is 16.4. The van der Waals surface area contributed by atoms with Gasteiger partial charge in [-0.2, -0.15) is 5.10 Å². The Labute approximate surface area is 90.8 Å². The molecule has 0 unspecified atom stereocenters. The van der Waals surface area contributed by atoms with E-state index in [0.29, 0.717) is 6.21 Å². The topological polar surface area (TPSA) is 169 Å². The maximum absolute atomic E-state index is 10.2. The van der Waals surface area contributed by atoms with Gasteiger partial charge in [-0.25, -0.2) is 10.2 Å². The molecular formula is C7H15N3O6. The lowest BCUT2D eigenvalue weighted by Gasteiger charge is -2.23. The Morgan fingerprint density at radius 3 is 2.31 bits per heavy atom. The molecular weight excluding hydrogens is 222 g/mol. The van der Waals surface area contributed by atoms with Crippen LogP contribution in [0.15, 0.2) is 5.10 Å². The molecule has 16 heavy (non-hydrogen) atoms. The molecule has 0 rings (SSSR count). The Balaban J connectivity index is 4.21. The second kappa shape index (κ2) is 7.09. The molecule has 8 N–H and O–H groups in total. The molecule has 0 aliphatic rings. The number of hydrazone groups is 1. The Bertz CT molecular complexity index is 248. The quantitative estimate of drug-likeness (QED) is 0.184. The number of primary amides is 1. The van der Waals surface area contributed by atoms with Gasteiger partial charge >= 0.3 is 6.03 Å². The fourth-order valence-corrected chi connectivity index (χ4v) is 0.803. The van der Waals surface area contributed by atoms with E-state index in [1.165, 1.54) is 0 Å². The van der Waals surface area contributed by atoms with Crippen molar-refractivity contribution in [1.29, 1.82) is 0 Å². The minimum Gasteiger partial charge on any atom is -0.394 e. The van der Waals surface area contributed by atoms with Crippen LogP contribution in [0, 0.1) is 0 Å². The third-order valence-electron chi connectivity index (χ3n) is 1.68. The molecule has 0 aromatic rings. The molecule has 0 heterocycles. The highest BCUT2D eigenvalue weighted by molar-refractivity contribution is 5.73. The molecule has 0 spiro atoms. The summed E-state index contributed by atoms with van der Waals surface area (Å²) < 4.78 is 0. The SMILES string of the molecule is NC(=O)NN=C[C@H](O)[C@@H](O)[C@H](O)[C@H](O)CO. The average Bonchev–Trinajstić information content (AvgIpc) is 2.25. The van der Waals surface area contributed by atoms with E-state index >= 15 is 0 Å². The van der Waals surface area contributed by atoms with Crippen molar-refractivity contribution in [3.05, 3.63) is 0 Å². The summed E-state index contributed by atoms with van der Waals surface area (Å²) in [5.74, 6) is 0. The Hall–Kier alpha value is -1.26. The van der Waals surface area contributed by atoms with Gasteiger partial charge in [-0.1, -0.05) is 0 Å². The number of rotatable bonds is 6. The summed E-state index contributed by atoms with van der Waals surface area (Å²) in [7, 11) is 0. The number of amides is 2. The van der Waals surface area contributed by atoms with E-state index < -0.39 is 37.1 Å². The van der Waals surface area contributed by atoms with Crippen molar-refractivity contribution < 1.29 is 30.3 Å². The lowest BCUT2D eigenvalue weighted by Crippen LogP contribution is -2.46. The molecule has 0 aliphatic heterocycles. The standard InChI is InChI=1S/C7H15N3O6/c8-7(16)10-9-1-3(12)5(14)6(15)4(13)2-11/h1,3-6,11-15H,2H2,(H3,8,10,16)/t3-,4+,5+,6+/m0/s1. The van der Waals surface area contributed by atoms with Crippen LogP contribution in [-0.4, -0.2) is 68.8 Å². The van der Waals surface area contributed by atoms with Crippen molar-refractivity contribution in [2.45, 2.75) is 24.4 Å². The third-order valence-corrected chi connectivity index (χ3v) is 1.68. The second-order valence-corrected chi connectivity index (χ2v) is 2.98. The zero-order valence-corrected chi connectivity index (χ0v) is 8.26. The Morgan fingerprint density at radius 2 is 1.88 bits per heavy atom. The second-order valence-electron chi connectivity index (χ2n) is 2.98. The number of urea groups is 1. The number of aliphatic hydroxyl groups excluding tert-OH is 5. The minimum atomic E-state index is -1.76. The van der Waals surface area contributed by atoms with Crippen molar-refractivity contribution in [3.8, 4) is 0 Å². The monoisotopic (exact) mass is 237 g/mol. The van der Waals surface area contributed by atoms with Crippen LogP contribution in [0.1, 0.15) is 0 Å². The molecule has 0 saturated heterocycles. The number of aliphatic hydroxyl groups is 5. The van der Waals surface area contributed by atoms with E-state index in [9.17, 15) is 20.1 Å². The van der Waals surface area contributed by atoms with Crippen LogP contribution in [0.5, 0.6) is 0 Å². The zero-order valence-electron chi connectivity index (χ0n) is 8.26. The third kappa shape index (κ3) is 5.00. The maximum Gasteiger partial charge on any atom is 0.332 e. The number of nitrogens with zero attached hydrogens (tertiary/aromatic N) is 1. The van der Waals surface area contributed by atoms with Gasteiger partial charge < -0.3 is 31.3 Å². The molecule has 9 heteroatoms. The summed E-state index contributed by atoms with van der Waals surface area (Å²) in [6, 6.07) is -0.964. The highest BCUT2D eigenvalue weighted by Crippen LogP contribution is 2.03. The van der Waals surface area contributed by atoms with E-state index in [1.54, 1.807) is 5.43 Å². The summed E-state index contributed by atoms with van der Waals surface area (Å²) in [6.45, 7) is -0.776. The van der Waals surface area contributed by atoms with Crippen molar-refractivity contribution >= 4 is 12.2 Å². The molecule has 0 radical (unpaired) electrons. The molecule has 0 saturated carbocycles. The smallest absolute Gasteiger partial charge is 0.332 e. The molecule has 0 aromatic carbocycles. The normalized spacial score (nSPS) is 19.1. The maximum atomic E-state index is 10.2. The molecule has 0 bridgehead atoms. The van der Waals surface area contributed by atoms with E-state index in [1.807, 2.05) is 0 Å². The van der Waals surface area contributed by atoms with Crippen LogP contribution >= 0.6 is 0 Å². The molecule has 94 valence electrons. The number of carbonyl (C=O) groups excluding carboxylic acids is 1. The van der Waals surface area contributed by atoms with Gasteiger partial charge in [0, 0.05) is 0 Å². The Kier molecular flexibility index (Phi) is 6.53. The number of nitrogens with one attached hydrogen (secondary N) is 1. The van der Waals surface area contributed by atoms with Crippen LogP contribution in [0.2, 0.25) is 0 Å². The first-order valence-corrected chi connectivity index (χ1v) is 4.32. The summed E-state index contributed by atoms with van der Waals surface area (Å²) in [6.07, 6.45) is -6.03. The van der Waals surface area contributed by atoms with Crippen molar-refractivity contribution in [2.75, 3.05) is 6.61 Å². The van der Waals surface area contributed by atoms with Crippen LogP contribution < -0.4 is 11.2 Å². The fraction of sp³-hybridized carbons (Fsp3) is 0.714. The molecule has 0 aromatic heterocycles. The first-order valence-electron chi connectivity index (χ1n) is 4.32. The fourth-order valence-electron chi connectivity index (χ4n) is 0.803. The lowest BCUT2D eigenvalue weighted by atomic mass is 10.0. The number of hydrogen-bond donors (Lipinski definition) is 7. The lowest BCUT2D eigenvalue weighted by molar-refractivity contribution is -0.0999. The number of hydrogen-bond acceptors (Lipinski definition) is 7. The van der Waals surface area contributed by atoms with Gasteiger partial charge in [0.2, 0.25) is 0 Å². The zero-order chi connectivity index (χ0) is 12.7. The Morgan fingerprint density at radius 1 is 1.31 bits per heavy atom. The van der Waals surface area contributed by atoms with E-state index in [0.717, 1.165) is 0 Å². The molecule has 0 fully saturated rings. The van der Waals surface area contributed by atoms with Gasteiger partial charge in [-0.05, 0) is 0 Å². The molecule has 2 amide bonds. The first-order chi connectivity index (χ1) is 7.40. The predicted molar refractivity (Wildman–Crippen MR) is 52.3 cm³/mol. The number of nitrogens with two attached hydrogens (primary N) is 1. The van der Waals surface area contributed by atoms with Gasteiger partial charge in [0.05, 0.1) is 12.8 Å². The van der Waals surface area contributed by atoms with Gasteiger partial charge in [0.25, 0.3) is 0 Å². The van der Waals surface area contributed by atoms with Crippen LogP contribution in [-0.2, 0) is 0 Å². The summed E-state index contributed by atoms with van der Waals surface area (Å²) in [5.41, 5.74) is 6.41. The summed E-state index contributed by atoms with van der Waals surface area (Å²) in [4.78, 5) is 10.2. The molecule has 4 atom stereocenters. The van der Waals surface area contributed by atoms with E-state index in [4.69, 9.17) is 10.2 Å². The van der Waals surface area contributed by atoms with E-state index in [2.05, 4.69) is 10.8 Å². The largest absolute Gasteiger partial charge is 0.394 e. The van der Waals surface area contributed by atoms with Crippen molar-refractivity contribution in [3.63, 3.8) is 0 Å². The van der Waals surface area contributed by atoms with Crippen LogP contribution in [0.3, 0.4) is 0 Å². The van der Waals surface area contributed by atoms with Gasteiger partial charge in [0.15, 0.2) is 0 Å². The van der Waals surface area contributed by atoms with E-state index in [-0.39, 0.29) is 0 Å². The predicted octanol–water partition coefficient (Wildman–Crippen LogP) is -3.92. The van der Waals surface area contributed by atoms with Crippen molar-refractivity contribution in [2.24, 2.45) is 10.8 Å². The van der Waals surface area contributed by atoms with Gasteiger partial charge in [-0.15, -0.1) is 0 Å². The van der Waals surface area contributed by atoms with Crippen LogP contribution in [0.25, 0.3) is 0 Å². The van der Waals surface area contributed by atoms with Crippen LogP contribution in [0.4, 0.5) is 4.79 Å². The van der Waals surface area contributed by atoms with Crippen molar-refractivity contribution in [1.82, 2.24) is 5.43 Å². The average molecular weight is 237 g/mol.